The molecule has 0 bridgehead atoms. The molecule has 5 nitrogen and oxygen atoms in total. The lowest BCUT2D eigenvalue weighted by molar-refractivity contribution is 0.729. The topological polar surface area (TPSA) is 68.2 Å². The zero-order valence-corrected chi connectivity index (χ0v) is 13.7. The lowest BCUT2D eigenvalue weighted by atomic mass is 10.1. The summed E-state index contributed by atoms with van der Waals surface area (Å²) in [4.78, 5) is 5.69. The number of hydrogen-bond donors (Lipinski definition) is 2. The molecule has 2 aromatic rings. The van der Waals surface area contributed by atoms with Crippen molar-refractivity contribution in [1.29, 1.82) is 0 Å². The summed E-state index contributed by atoms with van der Waals surface area (Å²) in [5.74, 6) is 0.519. The van der Waals surface area contributed by atoms with Crippen molar-refractivity contribution in [2.45, 2.75) is 26.7 Å². The molecule has 0 aliphatic rings. The van der Waals surface area contributed by atoms with Crippen LogP contribution in [0.25, 0.3) is 0 Å². The first-order valence-electron chi connectivity index (χ1n) is 7.13. The van der Waals surface area contributed by atoms with Crippen LogP contribution in [-0.4, -0.2) is 28.8 Å². The Morgan fingerprint density at radius 3 is 2.86 bits per heavy atom. The third kappa shape index (κ3) is 4.32. The molecule has 0 saturated heterocycles. The SMILES string of the molecule is Cc1nn(C)c(C)c1CCNC(N)=NCCc1cccs1. The molecule has 0 fully saturated rings. The monoisotopic (exact) mass is 305 g/mol. The van der Waals surface area contributed by atoms with E-state index in [0.29, 0.717) is 5.96 Å². The van der Waals surface area contributed by atoms with Gasteiger partial charge in [-0.3, -0.25) is 9.67 Å². The van der Waals surface area contributed by atoms with Gasteiger partial charge in [-0.25, -0.2) is 0 Å². The molecule has 0 amide bonds. The summed E-state index contributed by atoms with van der Waals surface area (Å²) in [5, 5.41) is 9.67. The Kier molecular flexibility index (Phi) is 5.38. The van der Waals surface area contributed by atoms with Crippen LogP contribution in [0.3, 0.4) is 0 Å². The fraction of sp³-hybridized carbons (Fsp3) is 0.467. The molecular formula is C15H23N5S. The number of nitrogens with two attached hydrogens (primary N) is 1. The first-order valence-corrected chi connectivity index (χ1v) is 8.01. The van der Waals surface area contributed by atoms with Gasteiger partial charge in [0, 0.05) is 37.1 Å². The van der Waals surface area contributed by atoms with E-state index in [9.17, 15) is 0 Å². The Morgan fingerprint density at radius 1 is 1.43 bits per heavy atom. The molecule has 2 aromatic heterocycles. The molecule has 0 atom stereocenters. The summed E-state index contributed by atoms with van der Waals surface area (Å²) in [7, 11) is 1.97. The highest BCUT2D eigenvalue weighted by atomic mass is 32.1. The third-order valence-electron chi connectivity index (χ3n) is 3.56. The molecule has 0 radical (unpaired) electrons. The van der Waals surface area contributed by atoms with E-state index in [1.807, 2.05) is 18.7 Å². The summed E-state index contributed by atoms with van der Waals surface area (Å²) in [6.07, 6.45) is 1.85. The van der Waals surface area contributed by atoms with Crippen molar-refractivity contribution in [1.82, 2.24) is 15.1 Å². The maximum absolute atomic E-state index is 5.88. The second-order valence-corrected chi connectivity index (χ2v) is 6.08. The molecule has 6 heteroatoms. The van der Waals surface area contributed by atoms with Crippen LogP contribution >= 0.6 is 11.3 Å². The summed E-state index contributed by atoms with van der Waals surface area (Å²) in [6, 6.07) is 4.18. The average Bonchev–Trinajstić information content (AvgIpc) is 3.03. The molecule has 0 aromatic carbocycles. The first kappa shape index (κ1) is 15.6. The van der Waals surface area contributed by atoms with Gasteiger partial charge in [0.25, 0.3) is 0 Å². The molecule has 0 spiro atoms. The number of nitrogens with one attached hydrogen (secondary N) is 1. The normalized spacial score (nSPS) is 11.9. The maximum atomic E-state index is 5.88. The highest BCUT2D eigenvalue weighted by molar-refractivity contribution is 7.09. The van der Waals surface area contributed by atoms with Gasteiger partial charge in [-0.2, -0.15) is 5.10 Å². The first-order chi connectivity index (χ1) is 10.1. The number of aryl methyl sites for hydroxylation is 2. The maximum Gasteiger partial charge on any atom is 0.188 e. The lowest BCUT2D eigenvalue weighted by Crippen LogP contribution is -2.33. The van der Waals surface area contributed by atoms with Gasteiger partial charge >= 0.3 is 0 Å². The lowest BCUT2D eigenvalue weighted by Gasteiger charge is -2.06. The number of guanidine groups is 1. The predicted octanol–water partition coefficient (Wildman–Crippen LogP) is 1.79. The second kappa shape index (κ2) is 7.26. The van der Waals surface area contributed by atoms with Gasteiger partial charge in [0.15, 0.2) is 5.96 Å². The Hall–Kier alpha value is -1.82. The van der Waals surface area contributed by atoms with Gasteiger partial charge in [-0.1, -0.05) is 6.07 Å². The Bertz CT molecular complexity index is 598. The Morgan fingerprint density at radius 2 is 2.24 bits per heavy atom. The molecule has 0 saturated carbocycles. The number of rotatable bonds is 6. The van der Waals surface area contributed by atoms with Gasteiger partial charge in [0.2, 0.25) is 0 Å². The molecule has 114 valence electrons. The largest absolute Gasteiger partial charge is 0.370 e. The molecule has 0 unspecified atom stereocenters. The van der Waals surface area contributed by atoms with Crippen molar-refractivity contribution in [3.8, 4) is 0 Å². The van der Waals surface area contributed by atoms with Crippen molar-refractivity contribution in [2.24, 2.45) is 17.8 Å². The zero-order chi connectivity index (χ0) is 15.2. The second-order valence-electron chi connectivity index (χ2n) is 5.05. The number of hydrogen-bond acceptors (Lipinski definition) is 3. The van der Waals surface area contributed by atoms with Crippen LogP contribution in [0.1, 0.15) is 21.8 Å². The molecule has 0 aliphatic heterocycles. The highest BCUT2D eigenvalue weighted by Gasteiger charge is 2.08. The van der Waals surface area contributed by atoms with Crippen molar-refractivity contribution in [2.75, 3.05) is 13.1 Å². The quantitative estimate of drug-likeness (QED) is 0.631. The minimum atomic E-state index is 0.519. The van der Waals surface area contributed by atoms with Crippen molar-refractivity contribution in [3.63, 3.8) is 0 Å². The number of aliphatic imine (C=N–C) groups is 1. The van der Waals surface area contributed by atoms with Gasteiger partial charge in [0.1, 0.15) is 0 Å². The number of thiophene rings is 1. The minimum Gasteiger partial charge on any atom is -0.370 e. The van der Waals surface area contributed by atoms with Crippen LogP contribution in [0.15, 0.2) is 22.5 Å². The van der Waals surface area contributed by atoms with E-state index in [1.54, 1.807) is 11.3 Å². The molecule has 21 heavy (non-hydrogen) atoms. The van der Waals surface area contributed by atoms with Gasteiger partial charge in [0.05, 0.1) is 5.69 Å². The molecule has 2 rings (SSSR count). The summed E-state index contributed by atoms with van der Waals surface area (Å²) in [6.45, 7) is 5.64. The van der Waals surface area contributed by atoms with Crippen LogP contribution in [0.2, 0.25) is 0 Å². The smallest absolute Gasteiger partial charge is 0.188 e. The average molecular weight is 305 g/mol. The van der Waals surface area contributed by atoms with Gasteiger partial charge in [-0.05, 0) is 37.3 Å². The van der Waals surface area contributed by atoms with E-state index in [1.165, 1.54) is 16.1 Å². The van der Waals surface area contributed by atoms with Crippen LogP contribution < -0.4 is 11.1 Å². The van der Waals surface area contributed by atoms with Crippen LogP contribution in [0.4, 0.5) is 0 Å². The molecule has 3 N–H and O–H groups in total. The summed E-state index contributed by atoms with van der Waals surface area (Å²) >= 11 is 1.76. The summed E-state index contributed by atoms with van der Waals surface area (Å²) in [5.41, 5.74) is 9.47. The van der Waals surface area contributed by atoms with E-state index >= 15 is 0 Å². The number of aromatic nitrogens is 2. The standard InChI is InChI=1S/C15H23N5S/c1-11-14(12(2)20(3)19-11)7-9-18-15(16)17-8-6-13-5-4-10-21-13/h4-5,10H,6-9H2,1-3H3,(H3,16,17,18). The van der Waals surface area contributed by atoms with Crippen molar-refractivity contribution >= 4 is 17.3 Å². The molecule has 0 aliphatic carbocycles. The zero-order valence-electron chi connectivity index (χ0n) is 12.9. The third-order valence-corrected chi connectivity index (χ3v) is 4.50. The van der Waals surface area contributed by atoms with Gasteiger partial charge < -0.3 is 11.1 Å². The Labute approximate surface area is 129 Å². The van der Waals surface area contributed by atoms with Crippen LogP contribution in [0, 0.1) is 13.8 Å². The number of nitrogens with zero attached hydrogens (tertiary/aromatic N) is 3. The van der Waals surface area contributed by atoms with Crippen molar-refractivity contribution < 1.29 is 0 Å². The Balaban J connectivity index is 1.74. The van der Waals surface area contributed by atoms with E-state index in [4.69, 9.17) is 5.73 Å². The molecule has 2 heterocycles. The highest BCUT2D eigenvalue weighted by Crippen LogP contribution is 2.11. The van der Waals surface area contributed by atoms with Crippen LogP contribution in [0.5, 0.6) is 0 Å². The van der Waals surface area contributed by atoms with Gasteiger partial charge in [-0.15, -0.1) is 11.3 Å². The van der Waals surface area contributed by atoms with E-state index in [0.717, 1.165) is 31.6 Å². The fourth-order valence-corrected chi connectivity index (χ4v) is 2.99. The van der Waals surface area contributed by atoms with E-state index < -0.39 is 0 Å². The van der Waals surface area contributed by atoms with Crippen LogP contribution in [-0.2, 0) is 19.9 Å². The van der Waals surface area contributed by atoms with Crippen molar-refractivity contribution in [3.05, 3.63) is 39.3 Å². The fourth-order valence-electron chi connectivity index (χ4n) is 2.29. The predicted molar refractivity (Wildman–Crippen MR) is 88.9 cm³/mol. The van der Waals surface area contributed by atoms with E-state index in [2.05, 4.69) is 39.8 Å². The van der Waals surface area contributed by atoms with E-state index in [-0.39, 0.29) is 0 Å². The molecular weight excluding hydrogens is 282 g/mol. The summed E-state index contributed by atoms with van der Waals surface area (Å²) < 4.78 is 1.92. The minimum absolute atomic E-state index is 0.519.